The average molecular weight is 357 g/mol. The Morgan fingerprint density at radius 2 is 1.07 bits per heavy atom. The van der Waals surface area contributed by atoms with Crippen LogP contribution in [0, 0.1) is 23.7 Å². The van der Waals surface area contributed by atoms with E-state index in [9.17, 15) is 0 Å². The normalized spacial score (nSPS) is 9.85. The minimum absolute atomic E-state index is 1.000. The first kappa shape index (κ1) is 20.9. The van der Waals surface area contributed by atoms with E-state index in [-0.39, 0.29) is 0 Å². The maximum absolute atomic E-state index is 3.29. The lowest BCUT2D eigenvalue weighted by Crippen LogP contribution is -1.84. The number of unbranched alkanes of at least 4 members (excludes halogenated alkanes) is 6. The van der Waals surface area contributed by atoms with E-state index in [0.717, 1.165) is 29.5 Å². The summed E-state index contributed by atoms with van der Waals surface area (Å²) in [6.07, 6.45) is 11.1. The van der Waals surface area contributed by atoms with Gasteiger partial charge in [0.2, 0.25) is 0 Å². The molecule has 0 amide bonds. The van der Waals surface area contributed by atoms with E-state index in [2.05, 4.69) is 86.1 Å². The van der Waals surface area contributed by atoms with Gasteiger partial charge in [0.15, 0.2) is 0 Å². The predicted molar refractivity (Wildman–Crippen MR) is 118 cm³/mol. The van der Waals surface area contributed by atoms with Gasteiger partial charge in [0.1, 0.15) is 0 Å². The minimum Gasteiger partial charge on any atom is -0.0979 e. The van der Waals surface area contributed by atoms with Crippen molar-refractivity contribution in [3.63, 3.8) is 0 Å². The van der Waals surface area contributed by atoms with Gasteiger partial charge in [-0.15, -0.1) is 0 Å². The molecule has 27 heavy (non-hydrogen) atoms. The molecule has 2 aromatic rings. The zero-order valence-corrected chi connectivity index (χ0v) is 17.0. The highest BCUT2D eigenvalue weighted by molar-refractivity contribution is 5.46. The molecule has 2 aromatic carbocycles. The first-order chi connectivity index (χ1) is 13.3. The van der Waals surface area contributed by atoms with Gasteiger partial charge in [-0.05, 0) is 61.2 Å². The van der Waals surface area contributed by atoms with Crippen molar-refractivity contribution in [3.8, 4) is 23.7 Å². The highest BCUT2D eigenvalue weighted by Crippen LogP contribution is 2.08. The van der Waals surface area contributed by atoms with Gasteiger partial charge < -0.3 is 0 Å². The average Bonchev–Trinajstić information content (AvgIpc) is 2.71. The summed E-state index contributed by atoms with van der Waals surface area (Å²) >= 11 is 0. The van der Waals surface area contributed by atoms with Gasteiger partial charge in [0, 0.05) is 23.1 Å². The lowest BCUT2D eigenvalue weighted by atomic mass is 10.1. The standard InChI is InChI=1S/C27H32/c1-3-5-7-8-9-10-11-13-25-16-20-27(21-17-25)23-22-26-18-14-24(15-19-26)12-6-4-2/h14-21H,3-10,12H2,1-2H3. The zero-order chi connectivity index (χ0) is 19.2. The van der Waals surface area contributed by atoms with Crippen LogP contribution in [0.25, 0.3) is 0 Å². The summed E-state index contributed by atoms with van der Waals surface area (Å²) in [4.78, 5) is 0. The molecule has 0 heteroatoms. The molecule has 0 nitrogen and oxygen atoms in total. The molecule has 0 atom stereocenters. The summed E-state index contributed by atoms with van der Waals surface area (Å²) in [5.74, 6) is 13.1. The van der Waals surface area contributed by atoms with Gasteiger partial charge in [0.25, 0.3) is 0 Å². The van der Waals surface area contributed by atoms with E-state index in [1.54, 1.807) is 0 Å². The van der Waals surface area contributed by atoms with Gasteiger partial charge in [-0.3, -0.25) is 0 Å². The van der Waals surface area contributed by atoms with Gasteiger partial charge in [-0.1, -0.05) is 81.8 Å². The largest absolute Gasteiger partial charge is 0.0979 e. The molecule has 0 N–H and O–H groups in total. The summed E-state index contributed by atoms with van der Waals surface area (Å²) in [6, 6.07) is 16.9. The minimum atomic E-state index is 1.000. The molecular weight excluding hydrogens is 324 g/mol. The maximum atomic E-state index is 3.29. The van der Waals surface area contributed by atoms with Crippen LogP contribution in [0.5, 0.6) is 0 Å². The van der Waals surface area contributed by atoms with Crippen LogP contribution in [-0.4, -0.2) is 0 Å². The smallest absolute Gasteiger partial charge is 0.0249 e. The third kappa shape index (κ3) is 8.66. The van der Waals surface area contributed by atoms with Crippen LogP contribution >= 0.6 is 0 Å². The Morgan fingerprint density at radius 3 is 1.67 bits per heavy atom. The van der Waals surface area contributed by atoms with Gasteiger partial charge >= 0.3 is 0 Å². The summed E-state index contributed by atoms with van der Waals surface area (Å²) in [5, 5.41) is 0. The second kappa shape index (κ2) is 12.8. The number of rotatable bonds is 8. The van der Waals surface area contributed by atoms with Crippen LogP contribution in [0.15, 0.2) is 48.5 Å². The number of aryl methyl sites for hydroxylation is 1. The molecule has 0 unspecified atom stereocenters. The van der Waals surface area contributed by atoms with Crippen molar-refractivity contribution in [2.24, 2.45) is 0 Å². The Kier molecular flexibility index (Phi) is 9.92. The van der Waals surface area contributed by atoms with Crippen LogP contribution < -0.4 is 0 Å². The Balaban J connectivity index is 1.83. The monoisotopic (exact) mass is 356 g/mol. The van der Waals surface area contributed by atoms with Gasteiger partial charge in [0.05, 0.1) is 0 Å². The molecule has 0 aliphatic heterocycles. The van der Waals surface area contributed by atoms with E-state index < -0.39 is 0 Å². The molecule has 2 rings (SSSR count). The Bertz CT molecular complexity index is 770. The summed E-state index contributed by atoms with van der Waals surface area (Å²) in [6.45, 7) is 4.48. The fraction of sp³-hybridized carbons (Fsp3) is 0.407. The molecular formula is C27H32. The quantitative estimate of drug-likeness (QED) is 0.348. The Labute approximate surface area is 166 Å². The molecule has 0 aliphatic carbocycles. The van der Waals surface area contributed by atoms with Crippen molar-refractivity contribution in [1.82, 2.24) is 0 Å². The van der Waals surface area contributed by atoms with Gasteiger partial charge in [-0.25, -0.2) is 0 Å². The fourth-order valence-electron chi connectivity index (χ4n) is 2.90. The number of hydrogen-bond acceptors (Lipinski definition) is 0. The molecule has 0 heterocycles. The molecule has 0 fully saturated rings. The van der Waals surface area contributed by atoms with E-state index in [1.807, 2.05) is 0 Å². The second-order valence-corrected chi connectivity index (χ2v) is 7.09. The maximum Gasteiger partial charge on any atom is 0.0249 e. The van der Waals surface area contributed by atoms with Gasteiger partial charge in [-0.2, -0.15) is 0 Å². The van der Waals surface area contributed by atoms with Crippen LogP contribution in [-0.2, 0) is 6.42 Å². The predicted octanol–water partition coefficient (Wildman–Crippen LogP) is 7.14. The number of hydrogen-bond donors (Lipinski definition) is 0. The van der Waals surface area contributed by atoms with Crippen molar-refractivity contribution in [2.45, 2.75) is 71.6 Å². The van der Waals surface area contributed by atoms with Crippen molar-refractivity contribution in [1.29, 1.82) is 0 Å². The van der Waals surface area contributed by atoms with Crippen molar-refractivity contribution in [3.05, 3.63) is 70.8 Å². The van der Waals surface area contributed by atoms with E-state index >= 15 is 0 Å². The lowest BCUT2D eigenvalue weighted by Gasteiger charge is -1.99. The van der Waals surface area contributed by atoms with Crippen LogP contribution in [0.4, 0.5) is 0 Å². The topological polar surface area (TPSA) is 0 Å². The second-order valence-electron chi connectivity index (χ2n) is 7.09. The van der Waals surface area contributed by atoms with E-state index in [4.69, 9.17) is 0 Å². The SMILES string of the molecule is CCCCCCCC#Cc1ccc(C#Cc2ccc(CCCC)cc2)cc1. The fourth-order valence-corrected chi connectivity index (χ4v) is 2.90. The summed E-state index contributed by atoms with van der Waals surface area (Å²) < 4.78 is 0. The van der Waals surface area contributed by atoms with Crippen molar-refractivity contribution in [2.75, 3.05) is 0 Å². The molecule has 0 aromatic heterocycles. The van der Waals surface area contributed by atoms with Crippen molar-refractivity contribution < 1.29 is 0 Å². The lowest BCUT2D eigenvalue weighted by molar-refractivity contribution is 0.641. The first-order valence-electron chi connectivity index (χ1n) is 10.5. The van der Waals surface area contributed by atoms with E-state index in [0.29, 0.717) is 0 Å². The van der Waals surface area contributed by atoms with Crippen LogP contribution in [0.2, 0.25) is 0 Å². The third-order valence-corrected chi connectivity index (χ3v) is 4.65. The zero-order valence-electron chi connectivity index (χ0n) is 17.0. The summed E-state index contributed by atoms with van der Waals surface area (Å²) in [7, 11) is 0. The molecule has 0 aliphatic rings. The molecule has 0 spiro atoms. The molecule has 0 saturated heterocycles. The van der Waals surface area contributed by atoms with E-state index in [1.165, 1.54) is 50.5 Å². The Morgan fingerprint density at radius 1 is 0.556 bits per heavy atom. The van der Waals surface area contributed by atoms with Crippen molar-refractivity contribution >= 4 is 0 Å². The third-order valence-electron chi connectivity index (χ3n) is 4.65. The Hall–Kier alpha value is -2.44. The first-order valence-corrected chi connectivity index (χ1v) is 10.5. The van der Waals surface area contributed by atoms with Crippen LogP contribution in [0.1, 0.15) is 87.5 Å². The molecule has 140 valence electrons. The molecule has 0 radical (unpaired) electrons. The molecule has 0 bridgehead atoms. The summed E-state index contributed by atoms with van der Waals surface area (Å²) in [5.41, 5.74) is 4.59. The highest BCUT2D eigenvalue weighted by atomic mass is 14.0. The highest BCUT2D eigenvalue weighted by Gasteiger charge is 1.93. The molecule has 0 saturated carbocycles. The number of benzene rings is 2. The van der Waals surface area contributed by atoms with Crippen LogP contribution in [0.3, 0.4) is 0 Å².